The highest BCUT2D eigenvalue weighted by Crippen LogP contribution is 2.73. The van der Waals surface area contributed by atoms with Crippen molar-refractivity contribution in [3.8, 4) is 11.5 Å². The smallest absolute Gasteiger partial charge is 0.354 e. The maximum Gasteiger partial charge on any atom is 0.354 e. The molecule has 0 radical (unpaired) electrons. The Morgan fingerprint density at radius 3 is 1.79 bits per heavy atom. The van der Waals surface area contributed by atoms with Crippen LogP contribution in [0.15, 0.2) is 62.1 Å². The third-order valence-corrected chi connectivity index (χ3v) is 11.9. The minimum Gasteiger partial charge on any atom is -0.486 e. The zero-order valence-electron chi connectivity index (χ0n) is 23.7. The first-order valence-corrected chi connectivity index (χ1v) is 16.6. The summed E-state index contributed by atoms with van der Waals surface area (Å²) in [7, 11) is -6.07. The van der Waals surface area contributed by atoms with Gasteiger partial charge in [0.2, 0.25) is 5.79 Å². The highest BCUT2D eigenvalue weighted by molar-refractivity contribution is 7.72. The highest BCUT2D eigenvalue weighted by Gasteiger charge is 2.44. The van der Waals surface area contributed by atoms with Crippen molar-refractivity contribution in [1.29, 1.82) is 0 Å². The summed E-state index contributed by atoms with van der Waals surface area (Å²) in [4.78, 5) is 0. The number of benzene rings is 2. The van der Waals surface area contributed by atoms with Crippen LogP contribution in [0.2, 0.25) is 0 Å². The van der Waals surface area contributed by atoms with Crippen molar-refractivity contribution in [1.82, 2.24) is 0 Å². The molecule has 1 aliphatic rings. The van der Waals surface area contributed by atoms with Crippen molar-refractivity contribution in [2.45, 2.75) is 86.4 Å². The number of hydrogen-bond acceptors (Lipinski definition) is 9. The van der Waals surface area contributed by atoms with E-state index in [0.29, 0.717) is 14.3 Å². The van der Waals surface area contributed by atoms with Gasteiger partial charge in [0.25, 0.3) is 0 Å². The van der Waals surface area contributed by atoms with E-state index in [9.17, 15) is 0 Å². The Hall–Kier alpha value is -1.56. The molecule has 2 atom stereocenters. The van der Waals surface area contributed by atoms with Gasteiger partial charge in [0.15, 0.2) is 15.1 Å². The summed E-state index contributed by atoms with van der Waals surface area (Å²) in [5.74, 6) is 0.0531. The van der Waals surface area contributed by atoms with Crippen LogP contribution in [-0.4, -0.2) is 30.7 Å². The summed E-state index contributed by atoms with van der Waals surface area (Å²) in [5.41, 5.74) is 1.95. The van der Waals surface area contributed by atoms with Gasteiger partial charge in [-0.05, 0) is 78.6 Å². The van der Waals surface area contributed by atoms with Gasteiger partial charge in [0.05, 0.1) is 18.3 Å². The molecule has 0 aliphatic carbocycles. The average Bonchev–Trinajstić information content (AvgIpc) is 2.78. The minimum absolute atomic E-state index is 0.0516. The highest BCUT2D eigenvalue weighted by atomic mass is 31.3. The first-order valence-electron chi connectivity index (χ1n) is 12.7. The molecule has 0 fully saturated rings. The summed E-state index contributed by atoms with van der Waals surface area (Å²) in [6.07, 6.45) is -0.602. The molecule has 210 valence electrons. The second kappa shape index (κ2) is 13.2. The first kappa shape index (κ1) is 31.0. The van der Waals surface area contributed by atoms with Crippen LogP contribution >= 0.6 is 23.8 Å². The fraction of sp³-hybridized carbons (Fsp3) is 0.538. The summed E-state index contributed by atoms with van der Waals surface area (Å²) in [5, 5.41) is 0. The molecule has 2 aromatic rings. The van der Waals surface area contributed by atoms with Crippen LogP contribution in [0, 0.1) is 13.8 Å². The molecule has 0 saturated carbocycles. The molecule has 1 heterocycles. The largest absolute Gasteiger partial charge is 0.486 e. The van der Waals surface area contributed by atoms with Crippen molar-refractivity contribution in [2.24, 2.45) is 13.5 Å². The van der Waals surface area contributed by atoms with Crippen LogP contribution in [0.1, 0.15) is 59.6 Å². The van der Waals surface area contributed by atoms with E-state index in [1.807, 2.05) is 111 Å². The van der Waals surface area contributed by atoms with E-state index >= 15 is 0 Å². The number of nitrogens with zero attached hydrogens (tertiary/aromatic N) is 3. The quantitative estimate of drug-likeness (QED) is 0.172. The lowest BCUT2D eigenvalue weighted by molar-refractivity contribution is -0.127. The Balaban J connectivity index is 2.09. The number of rotatable bonds is 13. The maximum atomic E-state index is 6.73. The van der Waals surface area contributed by atoms with Crippen LogP contribution < -0.4 is 9.47 Å². The van der Waals surface area contributed by atoms with Gasteiger partial charge in [-0.2, -0.15) is 9.03 Å². The zero-order chi connectivity index (χ0) is 28.0. The minimum atomic E-state index is -3.35. The lowest BCUT2D eigenvalue weighted by Gasteiger charge is -2.36. The van der Waals surface area contributed by atoms with Gasteiger partial charge in [-0.25, -0.2) is 0 Å². The maximum absolute atomic E-state index is 6.73. The Labute approximate surface area is 229 Å². The predicted molar refractivity (Wildman–Crippen MR) is 155 cm³/mol. The number of para-hydroxylation sites is 2. The lowest BCUT2D eigenvalue weighted by Crippen LogP contribution is -2.41. The van der Waals surface area contributed by atoms with Gasteiger partial charge >= 0.3 is 15.3 Å². The van der Waals surface area contributed by atoms with Crippen LogP contribution in [0.5, 0.6) is 11.5 Å². The second-order valence-corrected chi connectivity index (χ2v) is 15.1. The predicted octanol–water partition coefficient (Wildman–Crippen LogP) is 9.72. The fourth-order valence-corrected chi connectivity index (χ4v) is 10.5. The monoisotopic (exact) mass is 583 g/mol. The summed E-state index contributed by atoms with van der Waals surface area (Å²) in [6, 6.07) is 15.5. The van der Waals surface area contributed by atoms with Crippen molar-refractivity contribution >= 4 is 23.8 Å². The molecule has 2 aromatic carbocycles. The van der Waals surface area contributed by atoms with Crippen molar-refractivity contribution in [3.63, 3.8) is 0 Å². The Kier molecular flexibility index (Phi) is 10.8. The van der Waals surface area contributed by atoms with E-state index in [4.69, 9.17) is 32.1 Å². The molecule has 2 unspecified atom stereocenters. The van der Waals surface area contributed by atoms with E-state index in [-0.39, 0.29) is 24.9 Å². The topological polar surface area (TPSA) is 92.5 Å². The van der Waals surface area contributed by atoms with Gasteiger partial charge in [-0.15, -0.1) is 4.52 Å². The molecule has 0 bridgehead atoms. The van der Waals surface area contributed by atoms with Crippen molar-refractivity contribution < 1.29 is 27.6 Å². The molecule has 0 saturated heterocycles. The van der Waals surface area contributed by atoms with Crippen LogP contribution in [0.3, 0.4) is 0 Å². The third-order valence-electron chi connectivity index (χ3n) is 4.89. The molecule has 0 N–H and O–H groups in total. The summed E-state index contributed by atoms with van der Waals surface area (Å²) < 4.78 is 52.4. The third kappa shape index (κ3) is 8.72. The summed E-state index contributed by atoms with van der Waals surface area (Å²) >= 11 is 0. The van der Waals surface area contributed by atoms with E-state index < -0.39 is 21.1 Å². The Morgan fingerprint density at radius 2 is 1.26 bits per heavy atom. The van der Waals surface area contributed by atoms with Gasteiger partial charge in [-0.3, -0.25) is 4.52 Å². The zero-order valence-corrected chi connectivity index (χ0v) is 26.4. The van der Waals surface area contributed by atoms with Gasteiger partial charge < -0.3 is 23.0 Å². The van der Waals surface area contributed by atoms with Gasteiger partial charge in [0.1, 0.15) is 11.5 Å². The molecule has 38 heavy (non-hydrogen) atoms. The lowest BCUT2D eigenvalue weighted by atomic mass is 10.2. The van der Waals surface area contributed by atoms with E-state index in [1.165, 1.54) is 0 Å². The van der Waals surface area contributed by atoms with Crippen LogP contribution in [0.4, 0.5) is 0 Å². The number of ether oxygens (including phenoxy) is 2. The normalized spacial score (nSPS) is 20.6. The van der Waals surface area contributed by atoms with Crippen molar-refractivity contribution in [2.75, 3.05) is 6.61 Å². The Bertz CT molecular complexity index is 1220. The molecule has 0 aromatic heterocycles. The Morgan fingerprint density at radius 1 is 0.763 bits per heavy atom. The first-order chi connectivity index (χ1) is 17.8. The van der Waals surface area contributed by atoms with E-state index in [0.717, 1.165) is 16.9 Å². The molecular weight excluding hydrogens is 543 g/mol. The molecule has 0 spiro atoms. The van der Waals surface area contributed by atoms with E-state index in [2.05, 4.69) is 9.03 Å². The molecule has 1 aliphatic heterocycles. The molecule has 0 amide bonds. The molecule has 12 heteroatoms. The molecule has 9 nitrogen and oxygen atoms in total. The average molecular weight is 584 g/mol. The number of hydrogen-bond donors (Lipinski definition) is 0. The number of aryl methyl sites for hydroxylation is 2. The van der Waals surface area contributed by atoms with Crippen LogP contribution in [-0.2, 0) is 18.1 Å². The van der Waals surface area contributed by atoms with E-state index in [1.54, 1.807) is 0 Å². The molecule has 3 rings (SSSR count). The van der Waals surface area contributed by atoms with Gasteiger partial charge in [0, 0.05) is 6.92 Å². The fourth-order valence-electron chi connectivity index (χ4n) is 3.49. The standard InChI is InChI=1S/C26H40N3O6P3/c1-19(2)32-37(33-20(3)4)27-36-28-38(29-37,34-21(5)6)35-26(9,31-25-17-13-11-15-23(25)8)18-30-24-16-12-10-14-22(24)7/h10-17,19-21H,18H2,1-9H3. The van der Waals surface area contributed by atoms with Crippen LogP contribution in [0.25, 0.3) is 0 Å². The summed E-state index contributed by atoms with van der Waals surface area (Å²) in [6.45, 7) is 17.3. The second-order valence-electron chi connectivity index (χ2n) is 9.95. The van der Waals surface area contributed by atoms with Gasteiger partial charge in [-0.1, -0.05) is 36.4 Å². The molecular formula is C26H40N3O6P3. The van der Waals surface area contributed by atoms with Crippen molar-refractivity contribution in [3.05, 3.63) is 59.7 Å². The SMILES string of the molecule is Cc1ccccc1OCC(C)(Oc1ccccc1C)OP1(OC(C)C)=NP=NP(OC(C)C)(OC(C)C)=N1.